The van der Waals surface area contributed by atoms with Crippen molar-refractivity contribution in [3.8, 4) is 0 Å². The Morgan fingerprint density at radius 1 is 1.35 bits per heavy atom. The lowest BCUT2D eigenvalue weighted by Crippen LogP contribution is -2.10. The van der Waals surface area contributed by atoms with E-state index in [9.17, 15) is 8.78 Å². The molecule has 2 rings (SSSR count). The van der Waals surface area contributed by atoms with E-state index in [2.05, 4.69) is 15.5 Å². The van der Waals surface area contributed by atoms with Crippen LogP contribution in [0.1, 0.15) is 16.8 Å². The summed E-state index contributed by atoms with van der Waals surface area (Å²) >= 11 is 0. The Balaban J connectivity index is 0.00000200. The van der Waals surface area contributed by atoms with Gasteiger partial charge in [0.1, 0.15) is 6.54 Å². The monoisotopic (exact) mass is 305 g/mol. The van der Waals surface area contributed by atoms with Gasteiger partial charge in [-0.1, -0.05) is 0 Å². The molecule has 0 radical (unpaired) electrons. The fourth-order valence-electron chi connectivity index (χ4n) is 1.93. The first-order valence-corrected chi connectivity index (χ1v) is 6.01. The minimum atomic E-state index is -2.39. The van der Waals surface area contributed by atoms with E-state index >= 15 is 0 Å². The van der Waals surface area contributed by atoms with Gasteiger partial charge in [0.25, 0.3) is 6.43 Å². The summed E-state index contributed by atoms with van der Waals surface area (Å²) in [6, 6.07) is 0. The fourth-order valence-corrected chi connectivity index (χ4v) is 1.93. The highest BCUT2D eigenvalue weighted by Crippen LogP contribution is 2.14. The predicted molar refractivity (Wildman–Crippen MR) is 75.5 cm³/mol. The smallest absolute Gasteiger partial charge is 0.257 e. The van der Waals surface area contributed by atoms with Crippen molar-refractivity contribution >= 4 is 18.2 Å². The van der Waals surface area contributed by atoms with Gasteiger partial charge in [-0.15, -0.1) is 12.4 Å². The fraction of sp³-hybridized carbons (Fsp3) is 0.500. The summed E-state index contributed by atoms with van der Waals surface area (Å²) in [5.41, 5.74) is 2.69. The van der Waals surface area contributed by atoms with Crippen LogP contribution in [0, 0.1) is 13.8 Å². The second-order valence-electron chi connectivity index (χ2n) is 4.52. The van der Waals surface area contributed by atoms with E-state index < -0.39 is 6.43 Å². The van der Waals surface area contributed by atoms with Gasteiger partial charge in [0.2, 0.25) is 0 Å². The number of anilines is 1. The van der Waals surface area contributed by atoms with Crippen molar-refractivity contribution in [2.75, 3.05) is 5.32 Å². The summed E-state index contributed by atoms with van der Waals surface area (Å²) in [5, 5.41) is 11.4. The molecule has 5 nitrogen and oxygen atoms in total. The van der Waals surface area contributed by atoms with Crippen LogP contribution in [-0.2, 0) is 20.1 Å². The molecule has 2 heterocycles. The summed E-state index contributed by atoms with van der Waals surface area (Å²) in [5.74, 6) is 0.795. The Kier molecular flexibility index (Phi) is 5.50. The number of nitrogens with one attached hydrogen (secondary N) is 1. The molecule has 0 unspecified atom stereocenters. The van der Waals surface area contributed by atoms with Gasteiger partial charge < -0.3 is 5.32 Å². The molecular weight excluding hydrogens is 288 g/mol. The van der Waals surface area contributed by atoms with Gasteiger partial charge in [-0.2, -0.15) is 10.2 Å². The maximum absolute atomic E-state index is 12.3. The van der Waals surface area contributed by atoms with Gasteiger partial charge in [0.15, 0.2) is 5.82 Å². The second-order valence-corrected chi connectivity index (χ2v) is 4.52. The molecule has 8 heteroatoms. The van der Waals surface area contributed by atoms with Crippen LogP contribution in [-0.4, -0.2) is 26.0 Å². The third-order valence-corrected chi connectivity index (χ3v) is 2.97. The first-order chi connectivity index (χ1) is 8.97. The number of hydrogen-bond acceptors (Lipinski definition) is 3. The molecule has 0 saturated carbocycles. The van der Waals surface area contributed by atoms with E-state index in [4.69, 9.17) is 0 Å². The molecule has 0 aliphatic heterocycles. The Hall–Kier alpha value is -1.63. The van der Waals surface area contributed by atoms with Gasteiger partial charge in [0.05, 0.1) is 6.20 Å². The van der Waals surface area contributed by atoms with Gasteiger partial charge >= 0.3 is 0 Å². The van der Waals surface area contributed by atoms with Gasteiger partial charge in [0, 0.05) is 36.6 Å². The third-order valence-electron chi connectivity index (χ3n) is 2.97. The van der Waals surface area contributed by atoms with E-state index in [0.29, 0.717) is 6.54 Å². The number of alkyl halides is 2. The molecular formula is C12H18ClF2N5. The molecule has 0 amide bonds. The Morgan fingerprint density at radius 3 is 2.60 bits per heavy atom. The van der Waals surface area contributed by atoms with Crippen LogP contribution in [0.15, 0.2) is 12.4 Å². The second kappa shape index (κ2) is 6.69. The van der Waals surface area contributed by atoms with Gasteiger partial charge in [-0.05, 0) is 13.8 Å². The predicted octanol–water partition coefficient (Wildman–Crippen LogP) is 2.53. The van der Waals surface area contributed by atoms with Crippen molar-refractivity contribution in [2.45, 2.75) is 33.4 Å². The number of aryl methyl sites for hydroxylation is 2. The van der Waals surface area contributed by atoms with E-state index in [1.807, 2.05) is 20.2 Å². The number of aromatic nitrogens is 4. The Labute approximate surface area is 122 Å². The molecule has 0 spiro atoms. The first-order valence-electron chi connectivity index (χ1n) is 6.01. The highest BCUT2D eigenvalue weighted by atomic mass is 35.5. The molecule has 0 bridgehead atoms. The van der Waals surface area contributed by atoms with Crippen molar-refractivity contribution in [3.05, 3.63) is 29.2 Å². The summed E-state index contributed by atoms with van der Waals surface area (Å²) in [7, 11) is 1.85. The van der Waals surface area contributed by atoms with Crippen LogP contribution < -0.4 is 5.32 Å². The molecule has 0 aliphatic rings. The highest BCUT2D eigenvalue weighted by Gasteiger charge is 2.11. The largest absolute Gasteiger partial charge is 0.364 e. The lowest BCUT2D eigenvalue weighted by atomic mass is 10.2. The molecule has 0 aromatic carbocycles. The molecule has 0 atom stereocenters. The lowest BCUT2D eigenvalue weighted by Gasteiger charge is -2.06. The summed E-state index contributed by atoms with van der Waals surface area (Å²) in [4.78, 5) is 0. The minimum absolute atomic E-state index is 0. The average molecular weight is 306 g/mol. The van der Waals surface area contributed by atoms with Crippen molar-refractivity contribution in [1.29, 1.82) is 0 Å². The average Bonchev–Trinajstić information content (AvgIpc) is 2.81. The summed E-state index contributed by atoms with van der Waals surface area (Å²) in [6.45, 7) is 3.90. The molecule has 0 aliphatic carbocycles. The SMILES string of the molecule is Cc1cn(C)nc1NCc1cnn(CC(F)F)c1C.Cl. The quantitative estimate of drug-likeness (QED) is 0.923. The van der Waals surface area contributed by atoms with E-state index in [0.717, 1.165) is 22.6 Å². The number of hydrogen-bond donors (Lipinski definition) is 1. The summed E-state index contributed by atoms with van der Waals surface area (Å²) in [6.07, 6.45) is 1.13. The Bertz CT molecular complexity index is 564. The standard InChI is InChI=1S/C12H17F2N5.ClH/c1-8-6-18(3)17-12(8)15-4-10-5-16-19(9(10)2)7-11(13)14;/h5-6,11H,4,7H2,1-3H3,(H,15,17);1H. The molecule has 0 fully saturated rings. The molecule has 2 aromatic rings. The molecule has 2 aromatic heterocycles. The topological polar surface area (TPSA) is 47.7 Å². The Morgan fingerprint density at radius 2 is 2.05 bits per heavy atom. The molecule has 0 saturated heterocycles. The van der Waals surface area contributed by atoms with Crippen LogP contribution in [0.5, 0.6) is 0 Å². The molecule has 20 heavy (non-hydrogen) atoms. The van der Waals surface area contributed by atoms with Crippen LogP contribution in [0.25, 0.3) is 0 Å². The maximum Gasteiger partial charge on any atom is 0.257 e. The van der Waals surface area contributed by atoms with Crippen molar-refractivity contribution in [3.63, 3.8) is 0 Å². The first kappa shape index (κ1) is 16.4. The van der Waals surface area contributed by atoms with Crippen LogP contribution in [0.2, 0.25) is 0 Å². The number of nitrogens with zero attached hydrogens (tertiary/aromatic N) is 4. The van der Waals surface area contributed by atoms with E-state index in [1.54, 1.807) is 17.8 Å². The number of halogens is 3. The van der Waals surface area contributed by atoms with Crippen molar-refractivity contribution in [2.24, 2.45) is 7.05 Å². The zero-order valence-corrected chi connectivity index (χ0v) is 12.4. The minimum Gasteiger partial charge on any atom is -0.364 e. The van der Waals surface area contributed by atoms with Crippen LogP contribution >= 0.6 is 12.4 Å². The number of rotatable bonds is 5. The summed E-state index contributed by atoms with van der Waals surface area (Å²) < 4.78 is 27.7. The van der Waals surface area contributed by atoms with E-state index in [1.165, 1.54) is 4.68 Å². The van der Waals surface area contributed by atoms with Crippen molar-refractivity contribution < 1.29 is 8.78 Å². The zero-order valence-electron chi connectivity index (χ0n) is 11.6. The van der Waals surface area contributed by atoms with Gasteiger partial charge in [-0.25, -0.2) is 8.78 Å². The normalized spacial score (nSPS) is 10.7. The lowest BCUT2D eigenvalue weighted by molar-refractivity contribution is 0.121. The van der Waals surface area contributed by atoms with Gasteiger partial charge in [-0.3, -0.25) is 9.36 Å². The zero-order chi connectivity index (χ0) is 14.0. The van der Waals surface area contributed by atoms with Crippen molar-refractivity contribution in [1.82, 2.24) is 19.6 Å². The van der Waals surface area contributed by atoms with Crippen LogP contribution in [0.4, 0.5) is 14.6 Å². The highest BCUT2D eigenvalue weighted by molar-refractivity contribution is 5.85. The third kappa shape index (κ3) is 3.69. The van der Waals surface area contributed by atoms with E-state index in [-0.39, 0.29) is 19.0 Å². The van der Waals surface area contributed by atoms with Crippen LogP contribution in [0.3, 0.4) is 0 Å². The molecule has 1 N–H and O–H groups in total. The molecule has 112 valence electrons. The maximum atomic E-state index is 12.3.